The van der Waals surface area contributed by atoms with Gasteiger partial charge in [-0.15, -0.1) is 0 Å². The molecule has 170 valence electrons. The summed E-state index contributed by atoms with van der Waals surface area (Å²) >= 11 is 0. The predicted octanol–water partition coefficient (Wildman–Crippen LogP) is 4.10. The maximum Gasteiger partial charge on any atom is 0.337 e. The number of benzene rings is 3. The molecule has 1 aromatic heterocycles. The van der Waals surface area contributed by atoms with Crippen LogP contribution in [0.25, 0.3) is 22.3 Å². The fourth-order valence-corrected chi connectivity index (χ4v) is 4.21. The number of hydrogen-bond acceptors (Lipinski definition) is 8. The van der Waals surface area contributed by atoms with Gasteiger partial charge in [0.25, 0.3) is 0 Å². The highest BCUT2D eigenvalue weighted by Gasteiger charge is 2.36. The molecule has 0 saturated carbocycles. The minimum absolute atomic E-state index is 0.00574. The zero-order chi connectivity index (χ0) is 24.0. The van der Waals surface area contributed by atoms with Crippen molar-refractivity contribution < 1.29 is 33.7 Å². The molecule has 0 radical (unpaired) electrons. The summed E-state index contributed by atoms with van der Waals surface area (Å²) in [6.45, 7) is 0. The molecule has 0 fully saturated rings. The van der Waals surface area contributed by atoms with Crippen LogP contribution in [-0.2, 0) is 9.53 Å². The molecule has 5 rings (SSSR count). The Morgan fingerprint density at radius 1 is 1.00 bits per heavy atom. The Morgan fingerprint density at radius 2 is 1.71 bits per heavy atom. The molecule has 4 aromatic rings. The molecule has 2 heterocycles. The highest BCUT2D eigenvalue weighted by atomic mass is 16.5. The summed E-state index contributed by atoms with van der Waals surface area (Å²) < 4.78 is 16.1. The molecule has 0 saturated heterocycles. The quantitative estimate of drug-likeness (QED) is 0.267. The van der Waals surface area contributed by atoms with Gasteiger partial charge in [-0.05, 0) is 17.7 Å². The van der Waals surface area contributed by atoms with E-state index in [2.05, 4.69) is 0 Å². The third-order valence-corrected chi connectivity index (χ3v) is 5.84. The average Bonchev–Trinajstić information content (AvgIpc) is 2.86. The first-order valence-electron chi connectivity index (χ1n) is 10.4. The van der Waals surface area contributed by atoms with E-state index in [1.165, 1.54) is 13.2 Å². The van der Waals surface area contributed by atoms with Crippen molar-refractivity contribution in [1.82, 2.24) is 0 Å². The normalized spacial score (nSPS) is 15.0. The van der Waals surface area contributed by atoms with Crippen LogP contribution in [0, 0.1) is 0 Å². The first kappa shape index (κ1) is 21.3. The number of phenolic OH excluding ortho intramolecular Hbond substituents is 2. The number of carbonyl (C=O) groups is 2. The maximum absolute atomic E-state index is 13.0. The molecule has 1 unspecified atom stereocenters. The lowest BCUT2D eigenvalue weighted by molar-refractivity contribution is -0.135. The first-order valence-corrected chi connectivity index (χ1v) is 10.4. The topological polar surface area (TPSA) is 123 Å². The van der Waals surface area contributed by atoms with E-state index in [1.807, 2.05) is 6.07 Å². The average molecular weight is 458 g/mol. The van der Waals surface area contributed by atoms with Gasteiger partial charge in [0.05, 0.1) is 24.7 Å². The molecular formula is C26H18O8. The van der Waals surface area contributed by atoms with Gasteiger partial charge in [-0.2, -0.15) is 0 Å². The van der Waals surface area contributed by atoms with Crippen molar-refractivity contribution >= 4 is 22.9 Å². The summed E-state index contributed by atoms with van der Waals surface area (Å²) in [6.07, 6.45) is -0.108. The fourth-order valence-electron chi connectivity index (χ4n) is 4.21. The van der Waals surface area contributed by atoms with Gasteiger partial charge in [0, 0.05) is 17.5 Å². The number of methoxy groups -OCH3 is 1. The number of esters is 2. The van der Waals surface area contributed by atoms with Crippen molar-refractivity contribution in [2.75, 3.05) is 7.11 Å². The van der Waals surface area contributed by atoms with Gasteiger partial charge >= 0.3 is 11.9 Å². The van der Waals surface area contributed by atoms with Crippen LogP contribution in [0.4, 0.5) is 0 Å². The Kier molecular flexibility index (Phi) is 5.05. The molecular weight excluding hydrogens is 440 g/mol. The van der Waals surface area contributed by atoms with E-state index in [-0.39, 0.29) is 34.5 Å². The van der Waals surface area contributed by atoms with Crippen LogP contribution in [0.3, 0.4) is 0 Å². The molecule has 8 heteroatoms. The second kappa shape index (κ2) is 8.08. The molecule has 0 amide bonds. The number of rotatable bonds is 3. The summed E-state index contributed by atoms with van der Waals surface area (Å²) in [6, 6.07) is 16.6. The van der Waals surface area contributed by atoms with E-state index in [0.717, 1.165) is 0 Å². The summed E-state index contributed by atoms with van der Waals surface area (Å²) in [5, 5.41) is 21.0. The van der Waals surface area contributed by atoms with Crippen molar-refractivity contribution in [3.8, 4) is 28.6 Å². The zero-order valence-electron chi connectivity index (χ0n) is 17.9. The van der Waals surface area contributed by atoms with Gasteiger partial charge in [-0.1, -0.05) is 42.5 Å². The number of hydrogen-bond donors (Lipinski definition) is 2. The Morgan fingerprint density at radius 3 is 2.38 bits per heavy atom. The van der Waals surface area contributed by atoms with Gasteiger partial charge in [0.2, 0.25) is 5.75 Å². The molecule has 1 atom stereocenters. The van der Waals surface area contributed by atoms with Gasteiger partial charge in [0.1, 0.15) is 16.7 Å². The molecule has 0 bridgehead atoms. The van der Waals surface area contributed by atoms with Crippen LogP contribution >= 0.6 is 0 Å². The highest BCUT2D eigenvalue weighted by Crippen LogP contribution is 2.52. The van der Waals surface area contributed by atoms with Crippen molar-refractivity contribution in [3.05, 3.63) is 87.6 Å². The lowest BCUT2D eigenvalue weighted by atomic mass is 9.84. The minimum Gasteiger partial charge on any atom is -0.504 e. The smallest absolute Gasteiger partial charge is 0.337 e. The van der Waals surface area contributed by atoms with Crippen LogP contribution in [-0.4, -0.2) is 29.3 Å². The van der Waals surface area contributed by atoms with Crippen LogP contribution in [0.15, 0.2) is 69.9 Å². The summed E-state index contributed by atoms with van der Waals surface area (Å²) in [5.41, 5.74) is 1.27. The Labute approximate surface area is 192 Å². The predicted molar refractivity (Wildman–Crippen MR) is 121 cm³/mol. The molecule has 1 aliphatic heterocycles. The van der Waals surface area contributed by atoms with Crippen molar-refractivity contribution in [3.63, 3.8) is 0 Å². The monoisotopic (exact) mass is 458 g/mol. The van der Waals surface area contributed by atoms with Crippen molar-refractivity contribution in [2.45, 2.75) is 12.3 Å². The van der Waals surface area contributed by atoms with E-state index in [9.17, 15) is 24.6 Å². The van der Waals surface area contributed by atoms with E-state index in [1.54, 1.807) is 48.5 Å². The van der Waals surface area contributed by atoms with Crippen LogP contribution < -0.4 is 10.2 Å². The zero-order valence-corrected chi connectivity index (χ0v) is 17.9. The second-order valence-corrected chi connectivity index (χ2v) is 7.83. The van der Waals surface area contributed by atoms with Crippen LogP contribution in [0.5, 0.6) is 17.2 Å². The first-order chi connectivity index (χ1) is 16.4. The summed E-state index contributed by atoms with van der Waals surface area (Å²) in [5.74, 6) is -3.28. The SMILES string of the molecule is COC(=O)c1ccc(C2CC(=O)Oc3c(O)c(O)c4c(=O)cc(-c5ccccc5)oc4c32)cc1. The van der Waals surface area contributed by atoms with E-state index < -0.39 is 34.8 Å². The summed E-state index contributed by atoms with van der Waals surface area (Å²) in [7, 11) is 1.28. The van der Waals surface area contributed by atoms with E-state index in [0.29, 0.717) is 16.7 Å². The van der Waals surface area contributed by atoms with Gasteiger partial charge < -0.3 is 24.1 Å². The molecule has 34 heavy (non-hydrogen) atoms. The summed E-state index contributed by atoms with van der Waals surface area (Å²) in [4.78, 5) is 37.2. The number of aromatic hydroxyl groups is 2. The number of ether oxygens (including phenoxy) is 2. The number of carbonyl (C=O) groups excluding carboxylic acids is 2. The van der Waals surface area contributed by atoms with Crippen molar-refractivity contribution in [2.24, 2.45) is 0 Å². The lowest BCUT2D eigenvalue weighted by Crippen LogP contribution is -2.22. The highest BCUT2D eigenvalue weighted by molar-refractivity contribution is 5.96. The Hall–Kier alpha value is -4.59. The third kappa shape index (κ3) is 3.36. The number of fused-ring (bicyclic) bond motifs is 3. The lowest BCUT2D eigenvalue weighted by Gasteiger charge is -2.26. The van der Waals surface area contributed by atoms with E-state index in [4.69, 9.17) is 13.9 Å². The molecule has 8 nitrogen and oxygen atoms in total. The Balaban J connectivity index is 1.79. The van der Waals surface area contributed by atoms with Crippen molar-refractivity contribution in [1.29, 1.82) is 0 Å². The van der Waals surface area contributed by atoms with E-state index >= 15 is 0 Å². The van der Waals surface area contributed by atoms with Gasteiger partial charge in [0.15, 0.2) is 16.9 Å². The largest absolute Gasteiger partial charge is 0.504 e. The fraction of sp³-hybridized carbons (Fsp3) is 0.115. The van der Waals surface area contributed by atoms with Gasteiger partial charge in [-0.3, -0.25) is 9.59 Å². The van der Waals surface area contributed by atoms with Crippen LogP contribution in [0.1, 0.15) is 33.8 Å². The molecule has 3 aromatic carbocycles. The third-order valence-electron chi connectivity index (χ3n) is 5.84. The molecule has 0 aliphatic carbocycles. The molecule has 0 spiro atoms. The number of phenols is 2. The maximum atomic E-state index is 13.0. The van der Waals surface area contributed by atoms with Gasteiger partial charge in [-0.25, -0.2) is 4.79 Å². The Bertz CT molecular complexity index is 1500. The standard InChI is InChI=1S/C26H18O8/c1-32-26(31)15-9-7-13(8-10-15)16-11-19(28)34-25-20(16)24-21(22(29)23(25)30)17(27)12-18(33-24)14-5-3-2-4-6-14/h2-10,12,16,29-30H,11H2,1H3. The molecule has 2 N–H and O–H groups in total. The molecule has 1 aliphatic rings. The minimum atomic E-state index is -0.725. The van der Waals surface area contributed by atoms with Crippen LogP contribution in [0.2, 0.25) is 0 Å². The second-order valence-electron chi connectivity index (χ2n) is 7.83.